The zero-order valence-corrected chi connectivity index (χ0v) is 10.7. The summed E-state index contributed by atoms with van der Waals surface area (Å²) in [6.45, 7) is 4.96. The molecule has 1 rings (SSSR count). The minimum Gasteiger partial charge on any atom is -0.393 e. The Morgan fingerprint density at radius 2 is 2.12 bits per heavy atom. The fraction of sp³-hybridized carbons (Fsp3) is 0.571. The van der Waals surface area contributed by atoms with Gasteiger partial charge >= 0.3 is 0 Å². The van der Waals surface area contributed by atoms with Crippen molar-refractivity contribution >= 4 is 0 Å². The molecule has 3 N–H and O–H groups in total. The molecule has 0 saturated heterocycles. The summed E-state index contributed by atoms with van der Waals surface area (Å²) in [4.78, 5) is 0. The van der Waals surface area contributed by atoms with Crippen LogP contribution in [0.3, 0.4) is 0 Å². The van der Waals surface area contributed by atoms with Crippen LogP contribution in [-0.4, -0.2) is 22.9 Å². The molecule has 0 amide bonds. The van der Waals surface area contributed by atoms with Gasteiger partial charge in [-0.1, -0.05) is 31.2 Å². The van der Waals surface area contributed by atoms with E-state index in [-0.39, 0.29) is 18.8 Å². The summed E-state index contributed by atoms with van der Waals surface area (Å²) in [5.74, 6) is 0. The van der Waals surface area contributed by atoms with E-state index in [2.05, 4.69) is 12.2 Å². The number of hydrogen-bond acceptors (Lipinski definition) is 3. The monoisotopic (exact) mass is 237 g/mol. The molecule has 0 heterocycles. The summed E-state index contributed by atoms with van der Waals surface area (Å²) in [6, 6.07) is 8.17. The molecule has 0 aliphatic carbocycles. The van der Waals surface area contributed by atoms with E-state index in [0.29, 0.717) is 0 Å². The van der Waals surface area contributed by atoms with Gasteiger partial charge in [-0.15, -0.1) is 0 Å². The van der Waals surface area contributed by atoms with Gasteiger partial charge in [0.15, 0.2) is 0 Å². The Morgan fingerprint density at radius 3 is 2.76 bits per heavy atom. The Bertz CT molecular complexity index is 328. The third kappa shape index (κ3) is 4.86. The lowest BCUT2D eigenvalue weighted by Gasteiger charge is -2.16. The molecule has 0 saturated carbocycles. The fourth-order valence-corrected chi connectivity index (χ4v) is 1.75. The number of nitrogens with one attached hydrogen (secondary N) is 1. The van der Waals surface area contributed by atoms with Gasteiger partial charge < -0.3 is 15.5 Å². The van der Waals surface area contributed by atoms with Crippen molar-refractivity contribution < 1.29 is 10.2 Å². The van der Waals surface area contributed by atoms with E-state index in [1.807, 2.05) is 31.2 Å². The molecular formula is C14H23NO2. The molecule has 0 bridgehead atoms. The number of benzene rings is 1. The van der Waals surface area contributed by atoms with Crippen LogP contribution in [0, 0.1) is 0 Å². The van der Waals surface area contributed by atoms with Crippen LogP contribution < -0.4 is 5.32 Å². The first kappa shape index (κ1) is 14.2. The van der Waals surface area contributed by atoms with Gasteiger partial charge in [-0.05, 0) is 37.4 Å². The second-order valence-electron chi connectivity index (χ2n) is 4.43. The third-order valence-electron chi connectivity index (χ3n) is 3.03. The van der Waals surface area contributed by atoms with Crippen LogP contribution in [-0.2, 0) is 6.61 Å². The maximum atomic E-state index is 9.45. The Labute approximate surface area is 103 Å². The van der Waals surface area contributed by atoms with E-state index in [9.17, 15) is 5.11 Å². The molecule has 0 aromatic heterocycles. The number of aliphatic hydroxyl groups is 2. The van der Waals surface area contributed by atoms with Gasteiger partial charge in [-0.3, -0.25) is 0 Å². The summed E-state index contributed by atoms with van der Waals surface area (Å²) in [7, 11) is 0. The standard InChI is InChI=1S/C14H23NO2/c1-3-14(17)7-8-15-11(2)13-6-4-5-12(9-13)10-16/h4-6,9,11,14-17H,3,7-8,10H2,1-2H3. The second kappa shape index (κ2) is 7.43. The number of hydrogen-bond donors (Lipinski definition) is 3. The lowest BCUT2D eigenvalue weighted by Crippen LogP contribution is -2.23. The van der Waals surface area contributed by atoms with Crippen molar-refractivity contribution in [3.05, 3.63) is 35.4 Å². The van der Waals surface area contributed by atoms with Gasteiger partial charge in [-0.2, -0.15) is 0 Å². The summed E-state index contributed by atoms with van der Waals surface area (Å²) in [5, 5.41) is 21.9. The first-order valence-electron chi connectivity index (χ1n) is 6.28. The van der Waals surface area contributed by atoms with Gasteiger partial charge in [0.1, 0.15) is 0 Å². The van der Waals surface area contributed by atoms with Crippen LogP contribution in [0.2, 0.25) is 0 Å². The minimum atomic E-state index is -0.210. The number of aliphatic hydroxyl groups excluding tert-OH is 2. The average molecular weight is 237 g/mol. The molecular weight excluding hydrogens is 214 g/mol. The van der Waals surface area contributed by atoms with Crippen LogP contribution in [0.25, 0.3) is 0 Å². The predicted octanol–water partition coefficient (Wildman–Crippen LogP) is 1.99. The smallest absolute Gasteiger partial charge is 0.0681 e. The molecule has 2 atom stereocenters. The Balaban J connectivity index is 2.43. The van der Waals surface area contributed by atoms with E-state index in [1.165, 1.54) is 5.56 Å². The van der Waals surface area contributed by atoms with Gasteiger partial charge in [0.2, 0.25) is 0 Å². The van der Waals surface area contributed by atoms with Crippen molar-refractivity contribution in [1.82, 2.24) is 5.32 Å². The maximum absolute atomic E-state index is 9.45. The van der Waals surface area contributed by atoms with Gasteiger partial charge in [-0.25, -0.2) is 0 Å². The van der Waals surface area contributed by atoms with Crippen molar-refractivity contribution in [2.24, 2.45) is 0 Å². The normalized spacial score (nSPS) is 14.6. The first-order chi connectivity index (χ1) is 8.17. The molecule has 0 fully saturated rings. The molecule has 0 radical (unpaired) electrons. The van der Waals surface area contributed by atoms with E-state index in [4.69, 9.17) is 5.11 Å². The molecule has 0 aliphatic heterocycles. The van der Waals surface area contributed by atoms with E-state index in [1.54, 1.807) is 0 Å². The molecule has 1 aromatic carbocycles. The fourth-order valence-electron chi connectivity index (χ4n) is 1.75. The number of rotatable bonds is 7. The highest BCUT2D eigenvalue weighted by Crippen LogP contribution is 2.14. The quantitative estimate of drug-likeness (QED) is 0.680. The zero-order valence-electron chi connectivity index (χ0n) is 10.7. The largest absolute Gasteiger partial charge is 0.393 e. The highest BCUT2D eigenvalue weighted by molar-refractivity contribution is 5.25. The van der Waals surface area contributed by atoms with Crippen molar-refractivity contribution in [2.45, 2.75) is 45.4 Å². The van der Waals surface area contributed by atoms with Crippen molar-refractivity contribution in [1.29, 1.82) is 0 Å². The predicted molar refractivity (Wildman–Crippen MR) is 69.7 cm³/mol. The molecule has 2 unspecified atom stereocenters. The van der Waals surface area contributed by atoms with Gasteiger partial charge in [0.05, 0.1) is 12.7 Å². The molecule has 3 nitrogen and oxygen atoms in total. The SMILES string of the molecule is CCC(O)CCNC(C)c1cccc(CO)c1. The van der Waals surface area contributed by atoms with Crippen LogP contribution in [0.15, 0.2) is 24.3 Å². The van der Waals surface area contributed by atoms with Crippen molar-refractivity contribution in [2.75, 3.05) is 6.54 Å². The maximum Gasteiger partial charge on any atom is 0.0681 e. The van der Waals surface area contributed by atoms with Gasteiger partial charge in [0.25, 0.3) is 0 Å². The molecule has 1 aromatic rings. The summed E-state index contributed by atoms with van der Waals surface area (Å²) in [5.41, 5.74) is 2.10. The molecule has 0 aliphatic rings. The summed E-state index contributed by atoms with van der Waals surface area (Å²) < 4.78 is 0. The summed E-state index contributed by atoms with van der Waals surface area (Å²) in [6.07, 6.45) is 1.37. The molecule has 96 valence electrons. The van der Waals surface area contributed by atoms with Crippen LogP contribution in [0.1, 0.15) is 43.9 Å². The summed E-state index contributed by atoms with van der Waals surface area (Å²) >= 11 is 0. The highest BCUT2D eigenvalue weighted by Gasteiger charge is 2.06. The van der Waals surface area contributed by atoms with E-state index in [0.717, 1.165) is 24.9 Å². The average Bonchev–Trinajstić information content (AvgIpc) is 2.38. The first-order valence-corrected chi connectivity index (χ1v) is 6.28. The second-order valence-corrected chi connectivity index (χ2v) is 4.43. The third-order valence-corrected chi connectivity index (χ3v) is 3.03. The van der Waals surface area contributed by atoms with E-state index >= 15 is 0 Å². The molecule has 3 heteroatoms. The molecule has 0 spiro atoms. The Kier molecular flexibility index (Phi) is 6.19. The minimum absolute atomic E-state index is 0.0785. The lowest BCUT2D eigenvalue weighted by molar-refractivity contribution is 0.159. The van der Waals surface area contributed by atoms with Crippen LogP contribution in [0.4, 0.5) is 0 Å². The Hall–Kier alpha value is -0.900. The lowest BCUT2D eigenvalue weighted by atomic mass is 10.1. The van der Waals surface area contributed by atoms with Crippen molar-refractivity contribution in [3.63, 3.8) is 0 Å². The van der Waals surface area contributed by atoms with E-state index < -0.39 is 0 Å². The molecule has 17 heavy (non-hydrogen) atoms. The Morgan fingerprint density at radius 1 is 1.35 bits per heavy atom. The topological polar surface area (TPSA) is 52.5 Å². The van der Waals surface area contributed by atoms with Gasteiger partial charge in [0, 0.05) is 6.04 Å². The highest BCUT2D eigenvalue weighted by atomic mass is 16.3. The zero-order chi connectivity index (χ0) is 12.7. The van der Waals surface area contributed by atoms with Crippen LogP contribution in [0.5, 0.6) is 0 Å². The van der Waals surface area contributed by atoms with Crippen molar-refractivity contribution in [3.8, 4) is 0 Å². The van der Waals surface area contributed by atoms with Crippen LogP contribution >= 0.6 is 0 Å².